The summed E-state index contributed by atoms with van der Waals surface area (Å²) in [5, 5.41) is 8.85. The van der Waals surface area contributed by atoms with E-state index in [0.29, 0.717) is 18.7 Å². The Bertz CT molecular complexity index is 677. The summed E-state index contributed by atoms with van der Waals surface area (Å²) in [5.74, 6) is -0.377. The number of piperidine rings is 1. The Morgan fingerprint density at radius 2 is 1.93 bits per heavy atom. The summed E-state index contributed by atoms with van der Waals surface area (Å²) >= 11 is 0. The van der Waals surface area contributed by atoms with E-state index in [0.717, 1.165) is 31.5 Å². The van der Waals surface area contributed by atoms with Crippen LogP contribution >= 0.6 is 0 Å². The Labute approximate surface area is 158 Å². The number of amides is 4. The molecule has 0 atom stereocenters. The maximum atomic E-state index is 12.5. The van der Waals surface area contributed by atoms with Gasteiger partial charge in [0.05, 0.1) is 19.7 Å². The minimum absolute atomic E-state index is 0.0287. The van der Waals surface area contributed by atoms with Crippen LogP contribution in [-0.4, -0.2) is 62.6 Å². The van der Waals surface area contributed by atoms with Crippen LogP contribution in [-0.2, 0) is 16.1 Å². The van der Waals surface area contributed by atoms with Crippen LogP contribution in [0.25, 0.3) is 0 Å². The zero-order chi connectivity index (χ0) is 19.3. The van der Waals surface area contributed by atoms with Crippen molar-refractivity contribution >= 4 is 17.8 Å². The summed E-state index contributed by atoms with van der Waals surface area (Å²) in [6.07, 6.45) is 1.93. The second kappa shape index (κ2) is 8.49. The number of nitrogens with zero attached hydrogens (tertiary/aromatic N) is 1. The molecule has 0 saturated carbocycles. The number of carbonyl (C=O) groups is 3. The molecule has 0 unspecified atom stereocenters. The van der Waals surface area contributed by atoms with Gasteiger partial charge in [0, 0.05) is 24.6 Å². The Hall–Kier alpha value is -2.45. The Kier molecular flexibility index (Phi) is 6.08. The van der Waals surface area contributed by atoms with Crippen LogP contribution in [0, 0.1) is 5.41 Å². The van der Waals surface area contributed by atoms with Crippen LogP contribution in [0.4, 0.5) is 4.79 Å². The number of methoxy groups -OCH3 is 1. The molecule has 4 amide bonds. The van der Waals surface area contributed by atoms with Crippen molar-refractivity contribution < 1.29 is 19.1 Å². The number of urea groups is 1. The molecule has 2 aliphatic rings. The fourth-order valence-corrected chi connectivity index (χ4v) is 3.56. The average Bonchev–Trinajstić information content (AvgIpc) is 3.00. The molecule has 2 aliphatic heterocycles. The number of rotatable bonds is 7. The lowest BCUT2D eigenvalue weighted by Crippen LogP contribution is -2.47. The second-order valence-corrected chi connectivity index (χ2v) is 7.20. The second-order valence-electron chi connectivity index (χ2n) is 7.20. The number of ether oxygens (including phenoxy) is 1. The monoisotopic (exact) mass is 374 g/mol. The first-order valence-electron chi connectivity index (χ1n) is 9.18. The molecule has 8 nitrogen and oxygen atoms in total. The van der Waals surface area contributed by atoms with Gasteiger partial charge in [-0.1, -0.05) is 12.1 Å². The summed E-state index contributed by atoms with van der Waals surface area (Å²) in [4.78, 5) is 36.9. The molecule has 3 rings (SSSR count). The van der Waals surface area contributed by atoms with Crippen molar-refractivity contribution in [2.45, 2.75) is 19.4 Å². The van der Waals surface area contributed by atoms with E-state index in [-0.39, 0.29) is 36.3 Å². The summed E-state index contributed by atoms with van der Waals surface area (Å²) in [7, 11) is 1.69. The van der Waals surface area contributed by atoms with E-state index >= 15 is 0 Å². The van der Waals surface area contributed by atoms with Gasteiger partial charge in [0.1, 0.15) is 0 Å². The van der Waals surface area contributed by atoms with Crippen LogP contribution in [0.5, 0.6) is 0 Å². The summed E-state index contributed by atoms with van der Waals surface area (Å²) < 4.78 is 5.38. The highest BCUT2D eigenvalue weighted by Gasteiger charge is 2.32. The van der Waals surface area contributed by atoms with Crippen molar-refractivity contribution in [1.29, 1.82) is 0 Å². The molecular formula is C19H26N4O4. The molecule has 2 saturated heterocycles. The van der Waals surface area contributed by atoms with Crippen molar-refractivity contribution in [1.82, 2.24) is 20.9 Å². The Morgan fingerprint density at radius 3 is 2.52 bits per heavy atom. The van der Waals surface area contributed by atoms with Crippen LogP contribution in [0.1, 0.15) is 28.8 Å². The minimum Gasteiger partial charge on any atom is -0.384 e. The van der Waals surface area contributed by atoms with Crippen molar-refractivity contribution in [3.05, 3.63) is 35.4 Å². The summed E-state index contributed by atoms with van der Waals surface area (Å²) in [6.45, 7) is 3.30. The van der Waals surface area contributed by atoms with E-state index in [1.165, 1.54) is 4.90 Å². The predicted molar refractivity (Wildman–Crippen MR) is 99.1 cm³/mol. The van der Waals surface area contributed by atoms with Crippen LogP contribution in [0.15, 0.2) is 24.3 Å². The van der Waals surface area contributed by atoms with Gasteiger partial charge in [0.25, 0.3) is 5.91 Å². The van der Waals surface area contributed by atoms with Gasteiger partial charge in [-0.25, -0.2) is 4.79 Å². The molecule has 1 aromatic carbocycles. The van der Waals surface area contributed by atoms with Gasteiger partial charge < -0.3 is 20.7 Å². The van der Waals surface area contributed by atoms with E-state index in [9.17, 15) is 14.4 Å². The van der Waals surface area contributed by atoms with E-state index in [4.69, 9.17) is 4.74 Å². The topological polar surface area (TPSA) is 99.8 Å². The van der Waals surface area contributed by atoms with Crippen LogP contribution < -0.4 is 16.0 Å². The first-order chi connectivity index (χ1) is 13.0. The van der Waals surface area contributed by atoms with E-state index in [2.05, 4.69) is 16.0 Å². The standard InChI is InChI=1S/C19H26N4O4/c1-27-13-19(6-8-20-9-7-19)12-22-17(25)15-4-2-14(3-5-15)11-23-16(24)10-21-18(23)26/h2-5,20H,6-13H2,1H3,(H,21,26)(H,22,25). The van der Waals surface area contributed by atoms with Gasteiger partial charge in [-0.05, 0) is 43.6 Å². The highest BCUT2D eigenvalue weighted by atomic mass is 16.5. The first-order valence-corrected chi connectivity index (χ1v) is 9.18. The van der Waals surface area contributed by atoms with Crippen molar-refractivity contribution in [3.63, 3.8) is 0 Å². The zero-order valence-electron chi connectivity index (χ0n) is 15.5. The van der Waals surface area contributed by atoms with Crippen LogP contribution in [0.3, 0.4) is 0 Å². The quantitative estimate of drug-likeness (QED) is 0.603. The summed E-state index contributed by atoms with van der Waals surface area (Å²) in [6, 6.07) is 6.59. The first kappa shape index (κ1) is 19.3. The number of hydrogen-bond acceptors (Lipinski definition) is 5. The molecule has 0 bridgehead atoms. The van der Waals surface area contributed by atoms with Gasteiger partial charge in [0.15, 0.2) is 0 Å². The molecule has 3 N–H and O–H groups in total. The molecule has 0 spiro atoms. The van der Waals surface area contributed by atoms with E-state index < -0.39 is 0 Å². The zero-order valence-corrected chi connectivity index (χ0v) is 15.5. The SMILES string of the molecule is COCC1(CNC(=O)c2ccc(CN3C(=O)CNC3=O)cc2)CCNCC1. The molecular weight excluding hydrogens is 348 g/mol. The Balaban J connectivity index is 1.57. The lowest BCUT2D eigenvalue weighted by molar-refractivity contribution is -0.125. The highest BCUT2D eigenvalue weighted by Crippen LogP contribution is 2.28. The van der Waals surface area contributed by atoms with Gasteiger partial charge in [-0.3, -0.25) is 14.5 Å². The summed E-state index contributed by atoms with van der Waals surface area (Å²) in [5.41, 5.74) is 1.32. The lowest BCUT2D eigenvalue weighted by atomic mass is 9.79. The highest BCUT2D eigenvalue weighted by molar-refractivity contribution is 6.01. The van der Waals surface area contributed by atoms with E-state index in [1.54, 1.807) is 31.4 Å². The molecule has 0 radical (unpaired) electrons. The third kappa shape index (κ3) is 4.64. The van der Waals surface area contributed by atoms with Gasteiger partial charge >= 0.3 is 6.03 Å². The van der Waals surface area contributed by atoms with Crippen LogP contribution in [0.2, 0.25) is 0 Å². The largest absolute Gasteiger partial charge is 0.384 e. The molecule has 1 aromatic rings. The maximum Gasteiger partial charge on any atom is 0.324 e. The smallest absolute Gasteiger partial charge is 0.324 e. The number of nitrogens with one attached hydrogen (secondary N) is 3. The van der Waals surface area contributed by atoms with Crippen molar-refractivity contribution in [2.75, 3.05) is 39.9 Å². The molecule has 2 fully saturated rings. The Morgan fingerprint density at radius 1 is 1.22 bits per heavy atom. The fraction of sp³-hybridized carbons (Fsp3) is 0.526. The maximum absolute atomic E-state index is 12.5. The van der Waals surface area contributed by atoms with Gasteiger partial charge in [-0.15, -0.1) is 0 Å². The molecule has 146 valence electrons. The molecule has 2 heterocycles. The molecule has 0 aromatic heterocycles. The minimum atomic E-state index is -0.382. The van der Waals surface area contributed by atoms with Gasteiger partial charge in [-0.2, -0.15) is 0 Å². The lowest BCUT2D eigenvalue weighted by Gasteiger charge is -2.37. The number of hydrogen-bond donors (Lipinski definition) is 3. The number of benzene rings is 1. The molecule has 27 heavy (non-hydrogen) atoms. The number of imide groups is 1. The molecule has 0 aliphatic carbocycles. The third-order valence-corrected chi connectivity index (χ3v) is 5.23. The molecule has 8 heteroatoms. The van der Waals surface area contributed by atoms with E-state index in [1.807, 2.05) is 0 Å². The predicted octanol–water partition coefficient (Wildman–Crippen LogP) is 0.484. The van der Waals surface area contributed by atoms with Crippen molar-refractivity contribution in [3.8, 4) is 0 Å². The van der Waals surface area contributed by atoms with Gasteiger partial charge in [0.2, 0.25) is 5.91 Å². The number of carbonyl (C=O) groups excluding carboxylic acids is 3. The third-order valence-electron chi connectivity index (χ3n) is 5.23. The average molecular weight is 374 g/mol. The van der Waals surface area contributed by atoms with Crippen molar-refractivity contribution in [2.24, 2.45) is 5.41 Å². The fourth-order valence-electron chi connectivity index (χ4n) is 3.56. The normalized spacial score (nSPS) is 19.1.